The van der Waals surface area contributed by atoms with Gasteiger partial charge < -0.3 is 10.1 Å². The summed E-state index contributed by atoms with van der Waals surface area (Å²) in [6, 6.07) is 3.36. The molecule has 0 unspecified atom stereocenters. The van der Waals surface area contributed by atoms with Crippen LogP contribution in [0.25, 0.3) is 0 Å². The number of rotatable bonds is 6. The smallest absolute Gasteiger partial charge is 0.252 e. The molecule has 2 aromatic heterocycles. The molecule has 116 valence electrons. The van der Waals surface area contributed by atoms with Crippen molar-refractivity contribution in [2.24, 2.45) is 0 Å². The summed E-state index contributed by atoms with van der Waals surface area (Å²) in [7, 11) is 0. The van der Waals surface area contributed by atoms with Gasteiger partial charge in [-0.1, -0.05) is 6.92 Å². The van der Waals surface area contributed by atoms with Gasteiger partial charge in [-0.3, -0.25) is 4.79 Å². The lowest BCUT2D eigenvalue weighted by atomic mass is 9.96. The number of thiazole rings is 1. The Kier molecular flexibility index (Phi) is 4.68. The molecule has 0 spiro atoms. The molecule has 3 rings (SSSR count). The Bertz CT molecular complexity index is 626. The Balaban J connectivity index is 1.67. The second-order valence-corrected chi connectivity index (χ2v) is 6.28. The van der Waals surface area contributed by atoms with Gasteiger partial charge in [-0.05, 0) is 31.7 Å². The van der Waals surface area contributed by atoms with Gasteiger partial charge in [0.05, 0.1) is 6.04 Å². The number of nitrogens with one attached hydrogen (secondary N) is 1. The van der Waals surface area contributed by atoms with Gasteiger partial charge in [0.25, 0.3) is 5.91 Å². The molecule has 6 heteroatoms. The predicted octanol–water partition coefficient (Wildman–Crippen LogP) is 3.35. The summed E-state index contributed by atoms with van der Waals surface area (Å²) in [5, 5.41) is 5.86. The first-order valence-electron chi connectivity index (χ1n) is 7.59. The van der Waals surface area contributed by atoms with E-state index in [4.69, 9.17) is 4.74 Å². The molecular weight excluding hydrogens is 298 g/mol. The summed E-state index contributed by atoms with van der Waals surface area (Å²) in [6.07, 6.45) is 7.77. The quantitative estimate of drug-likeness (QED) is 0.887. The van der Waals surface area contributed by atoms with E-state index in [0.29, 0.717) is 11.4 Å². The number of amides is 1. The van der Waals surface area contributed by atoms with E-state index in [1.54, 1.807) is 35.9 Å². The van der Waals surface area contributed by atoms with E-state index in [1.165, 1.54) is 6.42 Å². The summed E-state index contributed by atoms with van der Waals surface area (Å²) >= 11 is 1.55. The highest BCUT2D eigenvalue weighted by Gasteiger charge is 2.21. The third-order valence-electron chi connectivity index (χ3n) is 3.80. The fraction of sp³-hybridized carbons (Fsp3) is 0.438. The van der Waals surface area contributed by atoms with E-state index >= 15 is 0 Å². The number of pyridine rings is 1. The van der Waals surface area contributed by atoms with Gasteiger partial charge in [0, 0.05) is 29.4 Å². The Hall–Kier alpha value is -1.95. The lowest BCUT2D eigenvalue weighted by molar-refractivity contribution is 0.0930. The minimum atomic E-state index is -0.122. The van der Waals surface area contributed by atoms with Gasteiger partial charge in [0.15, 0.2) is 0 Å². The Morgan fingerprint density at radius 3 is 2.95 bits per heavy atom. The first-order chi connectivity index (χ1) is 10.8. The summed E-state index contributed by atoms with van der Waals surface area (Å²) < 4.78 is 5.74. The third kappa shape index (κ3) is 3.44. The fourth-order valence-electron chi connectivity index (χ4n) is 2.26. The molecule has 2 aromatic rings. The van der Waals surface area contributed by atoms with Gasteiger partial charge in [-0.15, -0.1) is 11.3 Å². The van der Waals surface area contributed by atoms with Crippen LogP contribution in [0.5, 0.6) is 5.88 Å². The van der Waals surface area contributed by atoms with Crippen molar-refractivity contribution in [1.29, 1.82) is 0 Å². The van der Waals surface area contributed by atoms with Crippen molar-refractivity contribution in [3.05, 3.63) is 40.5 Å². The second-order valence-electron chi connectivity index (χ2n) is 5.36. The van der Waals surface area contributed by atoms with Gasteiger partial charge >= 0.3 is 0 Å². The number of carbonyl (C=O) groups is 1. The van der Waals surface area contributed by atoms with Crippen molar-refractivity contribution >= 4 is 17.2 Å². The van der Waals surface area contributed by atoms with Crippen molar-refractivity contribution in [2.75, 3.05) is 0 Å². The monoisotopic (exact) mass is 317 g/mol. The van der Waals surface area contributed by atoms with Crippen LogP contribution in [0, 0.1) is 0 Å². The lowest BCUT2D eigenvalue weighted by Gasteiger charge is -2.25. The SMILES string of the molecule is CC[C@H](NC(=O)c1ccnc(OC2CCC2)c1)c1nccs1. The van der Waals surface area contributed by atoms with Crippen LogP contribution < -0.4 is 10.1 Å². The van der Waals surface area contributed by atoms with Crippen molar-refractivity contribution in [3.8, 4) is 5.88 Å². The normalized spacial score (nSPS) is 15.9. The summed E-state index contributed by atoms with van der Waals surface area (Å²) in [6.45, 7) is 2.03. The number of hydrogen-bond donors (Lipinski definition) is 1. The lowest BCUT2D eigenvalue weighted by Crippen LogP contribution is -2.28. The fourth-order valence-corrected chi connectivity index (χ4v) is 3.03. The number of nitrogens with zero attached hydrogens (tertiary/aromatic N) is 2. The third-order valence-corrected chi connectivity index (χ3v) is 4.69. The zero-order valence-electron chi connectivity index (χ0n) is 12.5. The maximum absolute atomic E-state index is 12.4. The standard InChI is InChI=1S/C16H19N3O2S/c1-2-13(16-18-8-9-22-16)19-15(20)11-6-7-17-14(10-11)21-12-4-3-5-12/h6-10,12-13H,2-5H2,1H3,(H,19,20)/t13-/m0/s1. The Labute approximate surface area is 133 Å². The van der Waals surface area contributed by atoms with Crippen LogP contribution in [0.1, 0.15) is 54.0 Å². The first kappa shape index (κ1) is 15.0. The maximum Gasteiger partial charge on any atom is 0.252 e. The molecule has 0 bridgehead atoms. The second kappa shape index (κ2) is 6.87. The van der Waals surface area contributed by atoms with Gasteiger partial charge in [0.2, 0.25) is 5.88 Å². The van der Waals surface area contributed by atoms with E-state index < -0.39 is 0 Å². The molecule has 5 nitrogen and oxygen atoms in total. The van der Waals surface area contributed by atoms with Crippen LogP contribution >= 0.6 is 11.3 Å². The van der Waals surface area contributed by atoms with E-state index in [1.807, 2.05) is 12.3 Å². The highest BCUT2D eigenvalue weighted by atomic mass is 32.1. The Morgan fingerprint density at radius 1 is 1.45 bits per heavy atom. The van der Waals surface area contributed by atoms with E-state index in [0.717, 1.165) is 24.3 Å². The van der Waals surface area contributed by atoms with Crippen molar-refractivity contribution < 1.29 is 9.53 Å². The average Bonchev–Trinajstić information content (AvgIpc) is 3.03. The molecule has 0 saturated heterocycles. The van der Waals surface area contributed by atoms with Gasteiger partial charge in [-0.2, -0.15) is 0 Å². The molecule has 1 amide bonds. The zero-order chi connectivity index (χ0) is 15.4. The molecule has 2 heterocycles. The molecule has 0 aliphatic heterocycles. The van der Waals surface area contributed by atoms with Gasteiger partial charge in [0.1, 0.15) is 11.1 Å². The molecule has 22 heavy (non-hydrogen) atoms. The van der Waals surface area contributed by atoms with Crippen LogP contribution in [0.2, 0.25) is 0 Å². The van der Waals surface area contributed by atoms with Crippen LogP contribution in [-0.4, -0.2) is 22.0 Å². The number of hydrogen-bond acceptors (Lipinski definition) is 5. The van der Waals surface area contributed by atoms with Crippen molar-refractivity contribution in [2.45, 2.75) is 44.8 Å². The topological polar surface area (TPSA) is 64.1 Å². The molecule has 1 atom stereocenters. The van der Waals surface area contributed by atoms with Gasteiger partial charge in [-0.25, -0.2) is 9.97 Å². The van der Waals surface area contributed by atoms with Crippen LogP contribution in [0.4, 0.5) is 0 Å². The van der Waals surface area contributed by atoms with Crippen LogP contribution in [0.15, 0.2) is 29.9 Å². The summed E-state index contributed by atoms with van der Waals surface area (Å²) in [5.74, 6) is 0.405. The molecule has 0 radical (unpaired) electrons. The van der Waals surface area contributed by atoms with E-state index in [9.17, 15) is 4.79 Å². The van der Waals surface area contributed by atoms with E-state index in [2.05, 4.69) is 15.3 Å². The molecule has 1 N–H and O–H groups in total. The maximum atomic E-state index is 12.4. The van der Waals surface area contributed by atoms with Crippen molar-refractivity contribution in [1.82, 2.24) is 15.3 Å². The largest absolute Gasteiger partial charge is 0.474 e. The summed E-state index contributed by atoms with van der Waals surface area (Å²) in [4.78, 5) is 20.9. The average molecular weight is 317 g/mol. The zero-order valence-corrected chi connectivity index (χ0v) is 13.3. The highest BCUT2D eigenvalue weighted by molar-refractivity contribution is 7.09. The highest BCUT2D eigenvalue weighted by Crippen LogP contribution is 2.24. The Morgan fingerprint density at radius 2 is 2.32 bits per heavy atom. The van der Waals surface area contributed by atoms with Crippen LogP contribution in [-0.2, 0) is 0 Å². The molecule has 1 aliphatic carbocycles. The first-order valence-corrected chi connectivity index (χ1v) is 8.47. The molecule has 1 saturated carbocycles. The van der Waals surface area contributed by atoms with Crippen molar-refractivity contribution in [3.63, 3.8) is 0 Å². The minimum absolute atomic E-state index is 0.0586. The number of carbonyl (C=O) groups excluding carboxylic acids is 1. The minimum Gasteiger partial charge on any atom is -0.474 e. The molecule has 1 aliphatic rings. The molecule has 1 fully saturated rings. The number of ether oxygens (including phenoxy) is 1. The molecular formula is C16H19N3O2S. The van der Waals surface area contributed by atoms with E-state index in [-0.39, 0.29) is 18.1 Å². The predicted molar refractivity (Wildman–Crippen MR) is 85.1 cm³/mol. The van der Waals surface area contributed by atoms with Crippen LogP contribution in [0.3, 0.4) is 0 Å². The summed E-state index contributed by atoms with van der Waals surface area (Å²) in [5.41, 5.74) is 0.569. The number of aromatic nitrogens is 2. The molecule has 0 aromatic carbocycles.